The molecular formula is C21H25N3O4S. The van der Waals surface area contributed by atoms with Gasteiger partial charge < -0.3 is 20.3 Å². The average molecular weight is 416 g/mol. The van der Waals surface area contributed by atoms with Crippen molar-refractivity contribution in [3.63, 3.8) is 0 Å². The maximum atomic E-state index is 12.3. The first-order valence-electron chi connectivity index (χ1n) is 9.66. The Morgan fingerprint density at radius 1 is 1.00 bits per heavy atom. The van der Waals surface area contributed by atoms with Crippen molar-refractivity contribution in [1.29, 1.82) is 0 Å². The van der Waals surface area contributed by atoms with Crippen LogP contribution in [0.4, 0.5) is 0 Å². The Labute approximate surface area is 174 Å². The largest absolute Gasteiger partial charge is 0.484 e. The third-order valence-electron chi connectivity index (χ3n) is 4.83. The van der Waals surface area contributed by atoms with E-state index in [1.807, 2.05) is 47.8 Å². The van der Waals surface area contributed by atoms with Crippen LogP contribution in [-0.2, 0) is 20.9 Å². The van der Waals surface area contributed by atoms with Gasteiger partial charge in [-0.25, -0.2) is 0 Å². The van der Waals surface area contributed by atoms with Crippen LogP contribution in [0.1, 0.15) is 17.7 Å². The van der Waals surface area contributed by atoms with Gasteiger partial charge in [0.05, 0.1) is 6.54 Å². The fourth-order valence-electron chi connectivity index (χ4n) is 3.12. The Hall–Kier alpha value is -2.87. The van der Waals surface area contributed by atoms with Gasteiger partial charge in [-0.1, -0.05) is 24.3 Å². The minimum atomic E-state index is -0.621. The number of thiophene rings is 1. The molecule has 3 amide bonds. The van der Waals surface area contributed by atoms with Gasteiger partial charge in [0.1, 0.15) is 5.75 Å². The minimum absolute atomic E-state index is 0.0236. The van der Waals surface area contributed by atoms with E-state index in [1.165, 1.54) is 11.3 Å². The third kappa shape index (κ3) is 6.60. The molecule has 0 spiro atoms. The van der Waals surface area contributed by atoms with Crippen molar-refractivity contribution in [2.45, 2.75) is 19.4 Å². The van der Waals surface area contributed by atoms with Gasteiger partial charge in [0.15, 0.2) is 6.61 Å². The number of likely N-dealkylation sites (tertiary alicyclic amines) is 1. The van der Waals surface area contributed by atoms with Gasteiger partial charge in [-0.2, -0.15) is 0 Å². The molecule has 0 radical (unpaired) electrons. The highest BCUT2D eigenvalue weighted by Crippen LogP contribution is 2.17. The van der Waals surface area contributed by atoms with Crippen molar-refractivity contribution in [3.8, 4) is 5.75 Å². The fraction of sp³-hybridized carbons (Fsp3) is 0.381. The molecule has 0 unspecified atom stereocenters. The summed E-state index contributed by atoms with van der Waals surface area (Å²) < 4.78 is 5.51. The van der Waals surface area contributed by atoms with Gasteiger partial charge in [0, 0.05) is 24.5 Å². The van der Waals surface area contributed by atoms with Crippen molar-refractivity contribution in [3.05, 3.63) is 52.7 Å². The molecule has 29 heavy (non-hydrogen) atoms. The number of nitrogens with one attached hydrogen (secondary N) is 2. The van der Waals surface area contributed by atoms with E-state index in [-0.39, 0.29) is 18.4 Å². The Bertz CT molecular complexity index is 803. The number of piperidine rings is 1. The van der Waals surface area contributed by atoms with Crippen molar-refractivity contribution in [1.82, 2.24) is 15.5 Å². The van der Waals surface area contributed by atoms with Crippen LogP contribution in [0.25, 0.3) is 0 Å². The minimum Gasteiger partial charge on any atom is -0.484 e. The van der Waals surface area contributed by atoms with Gasteiger partial charge in [-0.15, -0.1) is 11.3 Å². The van der Waals surface area contributed by atoms with Crippen LogP contribution < -0.4 is 15.4 Å². The van der Waals surface area contributed by atoms with Gasteiger partial charge in [-0.3, -0.25) is 14.4 Å². The molecule has 1 aliphatic heterocycles. The Kier molecular flexibility index (Phi) is 7.63. The molecule has 0 atom stereocenters. The number of hydrogen-bond donors (Lipinski definition) is 2. The van der Waals surface area contributed by atoms with Crippen molar-refractivity contribution < 1.29 is 19.1 Å². The predicted octanol–water partition coefficient (Wildman–Crippen LogP) is 1.80. The van der Waals surface area contributed by atoms with E-state index in [9.17, 15) is 14.4 Å². The molecule has 2 heterocycles. The monoisotopic (exact) mass is 415 g/mol. The topological polar surface area (TPSA) is 87.7 Å². The number of hydrogen-bond acceptors (Lipinski definition) is 5. The van der Waals surface area contributed by atoms with Crippen LogP contribution in [0.3, 0.4) is 0 Å². The zero-order valence-corrected chi connectivity index (χ0v) is 17.0. The molecule has 7 nitrogen and oxygen atoms in total. The number of benzene rings is 1. The van der Waals surface area contributed by atoms with E-state index in [0.29, 0.717) is 31.9 Å². The van der Waals surface area contributed by atoms with E-state index >= 15 is 0 Å². The average Bonchev–Trinajstić information content (AvgIpc) is 3.29. The first-order chi connectivity index (χ1) is 14.1. The smallest absolute Gasteiger partial charge is 0.309 e. The lowest BCUT2D eigenvalue weighted by Crippen LogP contribution is -2.45. The predicted molar refractivity (Wildman–Crippen MR) is 110 cm³/mol. The quantitative estimate of drug-likeness (QED) is 0.675. The summed E-state index contributed by atoms with van der Waals surface area (Å²) in [6.07, 6.45) is 1.57. The number of nitrogens with zero attached hydrogens (tertiary/aromatic N) is 1. The maximum absolute atomic E-state index is 12.3. The Morgan fingerprint density at radius 2 is 1.72 bits per heavy atom. The lowest BCUT2D eigenvalue weighted by molar-refractivity contribution is -0.139. The fourth-order valence-corrected chi connectivity index (χ4v) is 3.76. The highest BCUT2D eigenvalue weighted by molar-refractivity contribution is 7.09. The molecule has 2 N–H and O–H groups in total. The van der Waals surface area contributed by atoms with Crippen LogP contribution in [-0.4, -0.2) is 48.9 Å². The SMILES string of the molecule is O=C(NCc1cccs1)C(=O)NCC1CCN(C(=O)COc2ccccc2)CC1. The standard InChI is InChI=1S/C21H25N3O4S/c25-19(15-28-17-5-2-1-3-6-17)24-10-8-16(9-11-24)13-22-20(26)21(27)23-14-18-7-4-12-29-18/h1-7,12,16H,8-11,13-15H2,(H,22,26)(H,23,27). The molecule has 1 saturated heterocycles. The molecule has 1 fully saturated rings. The normalized spacial score (nSPS) is 14.3. The second-order valence-electron chi connectivity index (χ2n) is 6.90. The van der Waals surface area contributed by atoms with Crippen LogP contribution in [0.15, 0.2) is 47.8 Å². The third-order valence-corrected chi connectivity index (χ3v) is 5.71. The molecule has 0 saturated carbocycles. The molecular weight excluding hydrogens is 390 g/mol. The zero-order valence-electron chi connectivity index (χ0n) is 16.1. The van der Waals surface area contributed by atoms with Gasteiger partial charge in [0.2, 0.25) is 0 Å². The first-order valence-corrected chi connectivity index (χ1v) is 10.5. The van der Waals surface area contributed by atoms with Gasteiger partial charge >= 0.3 is 11.8 Å². The van der Waals surface area contributed by atoms with E-state index in [2.05, 4.69) is 10.6 Å². The van der Waals surface area contributed by atoms with Crippen molar-refractivity contribution in [2.75, 3.05) is 26.2 Å². The summed E-state index contributed by atoms with van der Waals surface area (Å²) in [6, 6.07) is 13.1. The maximum Gasteiger partial charge on any atom is 0.309 e. The van der Waals surface area contributed by atoms with E-state index in [4.69, 9.17) is 4.74 Å². The molecule has 1 aliphatic rings. The highest BCUT2D eigenvalue weighted by atomic mass is 32.1. The van der Waals surface area contributed by atoms with Crippen LogP contribution in [0.5, 0.6) is 5.75 Å². The lowest BCUT2D eigenvalue weighted by atomic mass is 9.97. The molecule has 154 valence electrons. The van der Waals surface area contributed by atoms with Gasteiger partial charge in [0.25, 0.3) is 5.91 Å². The van der Waals surface area contributed by atoms with Crippen molar-refractivity contribution >= 4 is 29.1 Å². The van der Waals surface area contributed by atoms with Crippen LogP contribution >= 0.6 is 11.3 Å². The number of amides is 3. The number of para-hydroxylation sites is 1. The molecule has 8 heteroatoms. The lowest BCUT2D eigenvalue weighted by Gasteiger charge is -2.32. The summed E-state index contributed by atoms with van der Waals surface area (Å²) in [7, 11) is 0. The number of carbonyl (C=O) groups excluding carboxylic acids is 3. The molecule has 0 aliphatic carbocycles. The molecule has 2 aromatic rings. The summed E-state index contributed by atoms with van der Waals surface area (Å²) in [5.41, 5.74) is 0. The second kappa shape index (κ2) is 10.6. The zero-order chi connectivity index (χ0) is 20.5. The van der Waals surface area contributed by atoms with E-state index < -0.39 is 11.8 Å². The summed E-state index contributed by atoms with van der Waals surface area (Å²) >= 11 is 1.53. The number of carbonyl (C=O) groups is 3. The van der Waals surface area contributed by atoms with Crippen LogP contribution in [0, 0.1) is 5.92 Å². The first kappa shape index (κ1) is 20.9. The van der Waals surface area contributed by atoms with E-state index in [0.717, 1.165) is 17.7 Å². The van der Waals surface area contributed by atoms with Gasteiger partial charge in [-0.05, 0) is 42.3 Å². The molecule has 0 bridgehead atoms. The molecule has 3 rings (SSSR count). The Balaban J connectivity index is 1.31. The number of rotatable bonds is 7. The second-order valence-corrected chi connectivity index (χ2v) is 7.93. The highest BCUT2D eigenvalue weighted by Gasteiger charge is 2.24. The summed E-state index contributed by atoms with van der Waals surface area (Å²) in [5, 5.41) is 7.24. The molecule has 1 aromatic heterocycles. The Morgan fingerprint density at radius 3 is 2.41 bits per heavy atom. The summed E-state index contributed by atoms with van der Waals surface area (Å²) in [6.45, 7) is 2.07. The summed E-state index contributed by atoms with van der Waals surface area (Å²) in [4.78, 5) is 38.9. The molecule has 1 aromatic carbocycles. The van der Waals surface area contributed by atoms with Crippen molar-refractivity contribution in [2.24, 2.45) is 5.92 Å². The van der Waals surface area contributed by atoms with E-state index in [1.54, 1.807) is 4.90 Å². The van der Waals surface area contributed by atoms with Crippen LogP contribution in [0.2, 0.25) is 0 Å². The summed E-state index contributed by atoms with van der Waals surface area (Å²) in [5.74, 6) is -0.344. The number of ether oxygens (including phenoxy) is 1.